The summed E-state index contributed by atoms with van der Waals surface area (Å²) in [6.45, 7) is 0. The predicted octanol–water partition coefficient (Wildman–Crippen LogP) is 5.20. The number of nitrogens with zero attached hydrogens (tertiary/aromatic N) is 4. The molecule has 1 aliphatic heterocycles. The Hall–Kier alpha value is -3.50. The van der Waals surface area contributed by atoms with Gasteiger partial charge in [-0.15, -0.1) is 0 Å². The number of benzene rings is 2. The van der Waals surface area contributed by atoms with Gasteiger partial charge < -0.3 is 4.90 Å². The molecule has 1 aliphatic rings. The van der Waals surface area contributed by atoms with E-state index in [9.17, 15) is 20.2 Å². The number of thioether (sulfide) groups is 1. The number of hydrogen-bond acceptors (Lipinski definition) is 7. The van der Waals surface area contributed by atoms with Crippen LogP contribution in [0.5, 0.6) is 0 Å². The predicted molar refractivity (Wildman–Crippen MR) is 123 cm³/mol. The van der Waals surface area contributed by atoms with Crippen molar-refractivity contribution in [3.8, 4) is 0 Å². The van der Waals surface area contributed by atoms with Crippen LogP contribution < -0.4 is 9.47 Å². The Morgan fingerprint density at radius 1 is 1.00 bits per heavy atom. The largest absolute Gasteiger partial charge is 0.338 e. The maximum atomic E-state index is 11.0. The number of fused-ring (bicyclic) bond motifs is 2. The third kappa shape index (κ3) is 4.07. The van der Waals surface area contributed by atoms with Gasteiger partial charge in [0.15, 0.2) is 0 Å². The first-order chi connectivity index (χ1) is 14.8. The molecule has 0 spiro atoms. The van der Waals surface area contributed by atoms with Gasteiger partial charge in [-0.3, -0.25) is 20.2 Å². The van der Waals surface area contributed by atoms with Crippen LogP contribution in [0.15, 0.2) is 70.6 Å². The molecule has 2 heterocycles. The number of aromatic nitrogens is 1. The van der Waals surface area contributed by atoms with E-state index in [-0.39, 0.29) is 21.2 Å². The lowest BCUT2D eigenvalue weighted by Gasteiger charge is -2.12. The van der Waals surface area contributed by atoms with Crippen molar-refractivity contribution in [3.63, 3.8) is 0 Å². The number of anilines is 1. The van der Waals surface area contributed by atoms with Crippen molar-refractivity contribution in [1.29, 1.82) is 0 Å². The summed E-state index contributed by atoms with van der Waals surface area (Å²) in [5.41, 5.74) is 2.05. The Labute approximate surface area is 185 Å². The van der Waals surface area contributed by atoms with Crippen molar-refractivity contribution in [2.45, 2.75) is 4.90 Å². The Balaban J connectivity index is 1.49. The molecule has 0 radical (unpaired) electrons. The van der Waals surface area contributed by atoms with Crippen molar-refractivity contribution < 1.29 is 14.4 Å². The second kappa shape index (κ2) is 8.32. The van der Waals surface area contributed by atoms with Gasteiger partial charge in [0.05, 0.1) is 20.6 Å². The topological polar surface area (TPSA) is 93.4 Å². The van der Waals surface area contributed by atoms with Crippen LogP contribution >= 0.6 is 23.1 Å². The van der Waals surface area contributed by atoms with E-state index in [0.717, 1.165) is 30.8 Å². The van der Waals surface area contributed by atoms with Gasteiger partial charge in [-0.05, 0) is 12.1 Å². The van der Waals surface area contributed by atoms with E-state index < -0.39 is 0 Å². The maximum absolute atomic E-state index is 11.0. The Kier molecular flexibility index (Phi) is 5.57. The molecule has 0 atom stereocenters. The van der Waals surface area contributed by atoms with E-state index in [1.807, 2.05) is 53.9 Å². The van der Waals surface area contributed by atoms with Gasteiger partial charge in [0.25, 0.3) is 16.4 Å². The van der Waals surface area contributed by atoms with Gasteiger partial charge in [-0.25, -0.2) is 0 Å². The highest BCUT2D eigenvalue weighted by Gasteiger charge is 2.24. The van der Waals surface area contributed by atoms with Crippen LogP contribution in [0, 0.1) is 20.2 Å². The molecule has 0 N–H and O–H groups in total. The van der Waals surface area contributed by atoms with E-state index in [4.69, 9.17) is 0 Å². The lowest BCUT2D eigenvalue weighted by atomic mass is 10.2. The molecular formula is C21H17N4O4S2+. The first kappa shape index (κ1) is 20.8. The van der Waals surface area contributed by atoms with Crippen LogP contribution in [0.25, 0.3) is 16.3 Å². The Morgan fingerprint density at radius 2 is 1.71 bits per heavy atom. The molecule has 0 saturated carbocycles. The highest BCUT2D eigenvalue weighted by atomic mass is 32.2. The van der Waals surface area contributed by atoms with E-state index in [1.54, 1.807) is 24.3 Å². The summed E-state index contributed by atoms with van der Waals surface area (Å²) >= 11 is 2.98. The summed E-state index contributed by atoms with van der Waals surface area (Å²) in [4.78, 5) is 24.0. The zero-order chi connectivity index (χ0) is 22.1. The molecule has 0 fully saturated rings. The summed E-state index contributed by atoms with van der Waals surface area (Å²) in [5.74, 6) is 0. The molecule has 0 saturated heterocycles. The third-order valence-corrected chi connectivity index (χ3v) is 7.15. The smallest absolute Gasteiger partial charge is 0.271 e. The van der Waals surface area contributed by atoms with Gasteiger partial charge in [0.2, 0.25) is 5.52 Å². The Bertz CT molecular complexity index is 1310. The van der Waals surface area contributed by atoms with Crippen molar-refractivity contribution in [3.05, 3.63) is 91.0 Å². The molecule has 1 aromatic heterocycles. The standard InChI is InChI=1S/C21H17N4O4S2/c1-22-16-10-8-14(24(26)27)12-18(16)30-20(22)6-4-3-5-7-21-23(2)17-11-9-15(25(28)29)13-19(17)31-21/h3-13H,1-2H3/q+1. The molecular weight excluding hydrogens is 436 g/mol. The van der Waals surface area contributed by atoms with Gasteiger partial charge >= 0.3 is 0 Å². The molecule has 8 nitrogen and oxygen atoms in total. The van der Waals surface area contributed by atoms with E-state index in [1.165, 1.54) is 35.2 Å². The zero-order valence-corrected chi connectivity index (χ0v) is 18.2. The quantitative estimate of drug-likeness (QED) is 0.228. The fraction of sp³-hybridized carbons (Fsp3) is 0.0952. The van der Waals surface area contributed by atoms with Crippen molar-refractivity contribution >= 4 is 56.5 Å². The van der Waals surface area contributed by atoms with Gasteiger partial charge in [0.1, 0.15) is 11.7 Å². The van der Waals surface area contributed by atoms with Crippen LogP contribution in [0.3, 0.4) is 0 Å². The molecule has 0 bridgehead atoms. The summed E-state index contributed by atoms with van der Waals surface area (Å²) in [6.07, 6.45) is 9.63. The third-order valence-electron chi connectivity index (χ3n) is 4.82. The highest BCUT2D eigenvalue weighted by Crippen LogP contribution is 2.46. The van der Waals surface area contributed by atoms with Crippen molar-refractivity contribution in [2.24, 2.45) is 7.05 Å². The summed E-state index contributed by atoms with van der Waals surface area (Å²) in [6, 6.07) is 9.72. The van der Waals surface area contributed by atoms with Crippen LogP contribution in [0.2, 0.25) is 0 Å². The zero-order valence-electron chi connectivity index (χ0n) is 16.6. The summed E-state index contributed by atoms with van der Waals surface area (Å²) in [5, 5.41) is 23.9. The fourth-order valence-electron chi connectivity index (χ4n) is 3.18. The van der Waals surface area contributed by atoms with E-state index in [0.29, 0.717) is 0 Å². The molecule has 156 valence electrons. The number of allylic oxidation sites excluding steroid dienone is 4. The Morgan fingerprint density at radius 3 is 2.45 bits per heavy atom. The van der Waals surface area contributed by atoms with Crippen LogP contribution in [0.4, 0.5) is 17.1 Å². The average molecular weight is 454 g/mol. The minimum Gasteiger partial charge on any atom is -0.338 e. The molecule has 0 unspecified atom stereocenters. The maximum Gasteiger partial charge on any atom is 0.271 e. The highest BCUT2D eigenvalue weighted by molar-refractivity contribution is 8.03. The SMILES string of the molecule is CN1/C(=C/C=C/C=C/c2sc3cc([N+](=O)[O-])ccc3[n+]2C)Sc2cc([N+](=O)[O-])ccc21. The average Bonchev–Trinajstić information content (AvgIpc) is 3.23. The number of thiazole rings is 1. The molecule has 4 rings (SSSR count). The second-order valence-corrected chi connectivity index (χ2v) is 8.85. The lowest BCUT2D eigenvalue weighted by molar-refractivity contribution is -0.642. The first-order valence-corrected chi connectivity index (χ1v) is 10.8. The molecule has 31 heavy (non-hydrogen) atoms. The minimum atomic E-state index is -0.389. The van der Waals surface area contributed by atoms with Gasteiger partial charge in [-0.1, -0.05) is 41.3 Å². The first-order valence-electron chi connectivity index (χ1n) is 9.17. The van der Waals surface area contributed by atoms with Crippen molar-refractivity contribution in [1.82, 2.24) is 0 Å². The molecule has 0 amide bonds. The van der Waals surface area contributed by atoms with E-state index in [2.05, 4.69) is 0 Å². The van der Waals surface area contributed by atoms with Crippen molar-refractivity contribution in [2.75, 3.05) is 11.9 Å². The molecule has 2 aromatic carbocycles. The number of nitro benzene ring substituents is 2. The summed E-state index contributed by atoms with van der Waals surface area (Å²) in [7, 11) is 3.85. The molecule has 10 heteroatoms. The van der Waals surface area contributed by atoms with Crippen LogP contribution in [-0.4, -0.2) is 16.9 Å². The summed E-state index contributed by atoms with van der Waals surface area (Å²) < 4.78 is 2.86. The number of rotatable bonds is 5. The fourth-order valence-corrected chi connectivity index (χ4v) is 5.37. The number of non-ortho nitro benzene ring substituents is 2. The number of nitro groups is 2. The number of aryl methyl sites for hydroxylation is 1. The minimum absolute atomic E-state index is 0.0842. The van der Waals surface area contributed by atoms with Crippen LogP contribution in [-0.2, 0) is 7.05 Å². The normalized spacial score (nSPS) is 14.9. The number of hydrogen-bond donors (Lipinski definition) is 0. The monoisotopic (exact) mass is 453 g/mol. The lowest BCUT2D eigenvalue weighted by Crippen LogP contribution is -2.28. The van der Waals surface area contributed by atoms with Crippen LogP contribution in [0.1, 0.15) is 5.01 Å². The second-order valence-electron chi connectivity index (χ2n) is 6.73. The molecule has 3 aromatic rings. The molecule has 0 aliphatic carbocycles. The van der Waals surface area contributed by atoms with Gasteiger partial charge in [0, 0.05) is 48.4 Å². The van der Waals surface area contributed by atoms with E-state index >= 15 is 0 Å². The van der Waals surface area contributed by atoms with Gasteiger partial charge in [-0.2, -0.15) is 4.57 Å².